The fraction of sp³-hybridized carbons (Fsp3) is 0.278. The first-order chi connectivity index (χ1) is 13.0. The van der Waals surface area contributed by atoms with Crippen LogP contribution in [-0.2, 0) is 14.4 Å². The van der Waals surface area contributed by atoms with Gasteiger partial charge in [0, 0.05) is 0 Å². The van der Waals surface area contributed by atoms with Crippen molar-refractivity contribution >= 4 is 15.8 Å². The molecule has 0 N–H and O–H groups in total. The smallest absolute Gasteiger partial charge is 0.264 e. The predicted molar refractivity (Wildman–Crippen MR) is 91.9 cm³/mol. The summed E-state index contributed by atoms with van der Waals surface area (Å²) in [6, 6.07) is 6.85. The van der Waals surface area contributed by atoms with E-state index in [4.69, 9.17) is 0 Å². The summed E-state index contributed by atoms with van der Waals surface area (Å²) in [7, 11) is -5.40. The maximum Gasteiger partial charge on any atom is 0.364 e. The van der Waals surface area contributed by atoms with Crippen LogP contribution < -0.4 is 0 Å². The van der Waals surface area contributed by atoms with E-state index >= 15 is 0 Å². The van der Waals surface area contributed by atoms with Crippen LogP contribution in [0.2, 0.25) is 0 Å². The second-order valence-electron chi connectivity index (χ2n) is 6.04. The SMILES string of the molecule is CCC(C)c1ccc(/C(C)=N\OS(=O)(=O)c2c(F)c(F)c(F)c(F)c2F)cc1. The number of rotatable bonds is 6. The van der Waals surface area contributed by atoms with Crippen molar-refractivity contribution in [1.82, 2.24) is 0 Å². The van der Waals surface area contributed by atoms with Crippen LogP contribution in [0.3, 0.4) is 0 Å². The average Bonchev–Trinajstić information content (AvgIpc) is 2.68. The molecule has 0 spiro atoms. The van der Waals surface area contributed by atoms with E-state index in [1.54, 1.807) is 24.3 Å². The highest BCUT2D eigenvalue weighted by molar-refractivity contribution is 7.86. The van der Waals surface area contributed by atoms with Gasteiger partial charge in [0.05, 0.1) is 5.71 Å². The Hall–Kier alpha value is -2.49. The number of benzene rings is 2. The van der Waals surface area contributed by atoms with Gasteiger partial charge in [-0.15, -0.1) is 0 Å². The van der Waals surface area contributed by atoms with Crippen LogP contribution in [0, 0.1) is 29.1 Å². The van der Waals surface area contributed by atoms with E-state index in [1.165, 1.54) is 6.92 Å². The van der Waals surface area contributed by atoms with E-state index in [0.29, 0.717) is 11.5 Å². The minimum Gasteiger partial charge on any atom is -0.264 e. The summed E-state index contributed by atoms with van der Waals surface area (Å²) in [5.41, 5.74) is 1.50. The van der Waals surface area contributed by atoms with Crippen molar-refractivity contribution in [1.29, 1.82) is 0 Å². The molecule has 0 aliphatic heterocycles. The van der Waals surface area contributed by atoms with Gasteiger partial charge in [0.25, 0.3) is 0 Å². The lowest BCUT2D eigenvalue weighted by Crippen LogP contribution is -2.14. The highest BCUT2D eigenvalue weighted by atomic mass is 32.2. The molecule has 0 saturated heterocycles. The van der Waals surface area contributed by atoms with E-state index in [2.05, 4.69) is 9.44 Å². The van der Waals surface area contributed by atoms with Crippen molar-refractivity contribution in [3.05, 3.63) is 64.5 Å². The molecule has 4 nitrogen and oxygen atoms in total. The Morgan fingerprint density at radius 1 is 0.964 bits per heavy atom. The Morgan fingerprint density at radius 2 is 1.43 bits per heavy atom. The molecule has 0 heterocycles. The molecule has 0 saturated carbocycles. The maximum atomic E-state index is 13.7. The first-order valence-corrected chi connectivity index (χ1v) is 9.52. The van der Waals surface area contributed by atoms with E-state index < -0.39 is 44.1 Å². The largest absolute Gasteiger partial charge is 0.364 e. The second kappa shape index (κ2) is 8.26. The van der Waals surface area contributed by atoms with Crippen LogP contribution in [0.25, 0.3) is 0 Å². The van der Waals surface area contributed by atoms with Gasteiger partial charge in [-0.1, -0.05) is 43.3 Å². The molecule has 1 atom stereocenters. The van der Waals surface area contributed by atoms with E-state index in [1.807, 2.05) is 13.8 Å². The van der Waals surface area contributed by atoms with Crippen molar-refractivity contribution in [2.24, 2.45) is 5.16 Å². The minimum atomic E-state index is -5.40. The number of hydrogen-bond donors (Lipinski definition) is 0. The summed E-state index contributed by atoms with van der Waals surface area (Å²) >= 11 is 0. The van der Waals surface area contributed by atoms with Gasteiger partial charge in [0.15, 0.2) is 28.2 Å². The van der Waals surface area contributed by atoms with Gasteiger partial charge < -0.3 is 0 Å². The zero-order chi connectivity index (χ0) is 21.2. The Labute approximate surface area is 158 Å². The van der Waals surface area contributed by atoms with Gasteiger partial charge in [-0.3, -0.25) is 4.28 Å². The van der Waals surface area contributed by atoms with Crippen molar-refractivity contribution in [2.75, 3.05) is 0 Å². The summed E-state index contributed by atoms with van der Waals surface area (Å²) in [5.74, 6) is -12.0. The van der Waals surface area contributed by atoms with Crippen LogP contribution in [-0.4, -0.2) is 14.1 Å². The highest BCUT2D eigenvalue weighted by Crippen LogP contribution is 2.28. The zero-order valence-corrected chi connectivity index (χ0v) is 15.9. The second-order valence-corrected chi connectivity index (χ2v) is 7.50. The van der Waals surface area contributed by atoms with Crippen molar-refractivity contribution in [3.8, 4) is 0 Å². The van der Waals surface area contributed by atoms with Crippen molar-refractivity contribution < 1.29 is 34.7 Å². The highest BCUT2D eigenvalue weighted by Gasteiger charge is 2.35. The summed E-state index contributed by atoms with van der Waals surface area (Å²) in [6.07, 6.45) is 0.912. The van der Waals surface area contributed by atoms with Gasteiger partial charge in [0.2, 0.25) is 5.82 Å². The zero-order valence-electron chi connectivity index (χ0n) is 15.1. The number of halogens is 5. The molecule has 152 valence electrons. The lowest BCUT2D eigenvalue weighted by Gasteiger charge is -2.10. The van der Waals surface area contributed by atoms with Crippen LogP contribution in [0.15, 0.2) is 34.3 Å². The number of hydrogen-bond acceptors (Lipinski definition) is 4. The Kier molecular flexibility index (Phi) is 6.43. The molecule has 0 aliphatic rings. The summed E-state index contributed by atoms with van der Waals surface area (Å²) in [5, 5.41) is 3.26. The molecule has 28 heavy (non-hydrogen) atoms. The molecule has 0 aliphatic carbocycles. The molecule has 10 heteroatoms. The molecule has 0 aromatic heterocycles. The van der Waals surface area contributed by atoms with Crippen molar-refractivity contribution in [2.45, 2.75) is 38.0 Å². The molecular formula is C18H16F5NO3S. The molecule has 2 rings (SSSR count). The number of oxime groups is 1. The van der Waals surface area contributed by atoms with E-state index in [0.717, 1.165) is 12.0 Å². The fourth-order valence-electron chi connectivity index (χ4n) is 2.29. The maximum absolute atomic E-state index is 13.7. The monoisotopic (exact) mass is 421 g/mol. The molecule has 1 unspecified atom stereocenters. The fourth-order valence-corrected chi connectivity index (χ4v) is 3.19. The third kappa shape index (κ3) is 4.16. The van der Waals surface area contributed by atoms with Crippen LogP contribution in [0.1, 0.15) is 44.2 Å². The summed E-state index contributed by atoms with van der Waals surface area (Å²) < 4.78 is 94.9. The third-order valence-corrected chi connectivity index (χ3v) is 5.33. The molecule has 2 aromatic rings. The molecule has 0 fully saturated rings. The van der Waals surface area contributed by atoms with Crippen LogP contribution in [0.5, 0.6) is 0 Å². The minimum absolute atomic E-state index is 0.0168. The van der Waals surface area contributed by atoms with Gasteiger partial charge in [0.1, 0.15) is 0 Å². The predicted octanol–water partition coefficient (Wildman–Crippen LogP) is 5.03. The Balaban J connectivity index is 2.35. The van der Waals surface area contributed by atoms with Crippen LogP contribution in [0.4, 0.5) is 22.0 Å². The van der Waals surface area contributed by atoms with Gasteiger partial charge in [-0.05, 0) is 30.4 Å². The first-order valence-electron chi connectivity index (χ1n) is 8.11. The molecule has 2 aromatic carbocycles. The van der Waals surface area contributed by atoms with E-state index in [9.17, 15) is 30.4 Å². The lowest BCUT2D eigenvalue weighted by molar-refractivity contribution is 0.318. The van der Waals surface area contributed by atoms with Crippen LogP contribution >= 0.6 is 0 Å². The molecule has 0 bridgehead atoms. The van der Waals surface area contributed by atoms with Gasteiger partial charge in [-0.2, -0.15) is 8.42 Å². The molecule has 0 radical (unpaired) electrons. The first kappa shape index (κ1) is 21.8. The summed E-state index contributed by atoms with van der Waals surface area (Å²) in [6.45, 7) is 5.39. The van der Waals surface area contributed by atoms with Crippen molar-refractivity contribution in [3.63, 3.8) is 0 Å². The Morgan fingerprint density at radius 3 is 1.89 bits per heavy atom. The number of nitrogens with zero attached hydrogens (tertiary/aromatic N) is 1. The topological polar surface area (TPSA) is 55.7 Å². The normalized spacial score (nSPS) is 13.5. The summed E-state index contributed by atoms with van der Waals surface area (Å²) in [4.78, 5) is -2.10. The quantitative estimate of drug-likeness (QED) is 0.216. The van der Waals surface area contributed by atoms with Gasteiger partial charge in [-0.25, -0.2) is 22.0 Å². The van der Waals surface area contributed by atoms with E-state index in [-0.39, 0.29) is 5.71 Å². The standard InChI is InChI=1S/C18H16F5NO3S/c1-4-9(2)11-5-7-12(8-6-11)10(3)24-27-28(25,26)18-16(22)14(20)13(19)15(21)17(18)23/h5-9H,4H2,1-3H3/b24-10-. The Bertz CT molecular complexity index is 992. The molecule has 0 amide bonds. The lowest BCUT2D eigenvalue weighted by atomic mass is 9.97. The average molecular weight is 421 g/mol. The van der Waals surface area contributed by atoms with Gasteiger partial charge >= 0.3 is 10.1 Å². The molecular weight excluding hydrogens is 405 g/mol. The third-order valence-electron chi connectivity index (χ3n) is 4.20.